The van der Waals surface area contributed by atoms with Crippen molar-refractivity contribution in [2.45, 2.75) is 49.1 Å². The van der Waals surface area contributed by atoms with Gasteiger partial charge in [0.15, 0.2) is 23.9 Å². The first-order valence-electron chi connectivity index (χ1n) is 14.4. The quantitative estimate of drug-likeness (QED) is 0.0722. The maximum atomic E-state index is 13.4. The molecule has 0 saturated carbocycles. The Hall–Kier alpha value is -2.65. The number of ether oxygens (including phenoxy) is 4. The van der Waals surface area contributed by atoms with Crippen LogP contribution in [0.25, 0.3) is 11.2 Å². The standard InChI is InChI=1S/C21H31N7O21P4/c1-41-15-13(30)9(45-19(15)27-4-3-11(29)26-21(27)31)5-43-51(35,36)47-14-10(6-44-52(37,38)49-53(39,40)48-50(32,33)34)46-20(16(14)42-2)28-8-25-12-17(22)23-7-24-18(12)28/h3-4,7-10,13-16,19-20,30H,5-6H2,1-2H3,(H,35,36)(H,37,38)(H,39,40)(H2,22,23,24)(H,26,29,31)(H2,32,33,34)/t9-,10?,13-,14-,15-,16-,19-,20-/m1/s1. The number of phosphoric ester groups is 2. The number of rotatable bonds is 16. The molecule has 0 aromatic carbocycles. The van der Waals surface area contributed by atoms with Crippen molar-refractivity contribution in [3.05, 3.63) is 45.8 Å². The number of hydrogen-bond donors (Lipinski definition) is 8. The number of imidazole rings is 1. The molecule has 2 fully saturated rings. The van der Waals surface area contributed by atoms with Crippen LogP contribution in [-0.4, -0.2) is 123 Å². The summed E-state index contributed by atoms with van der Waals surface area (Å²) in [5, 5.41) is 10.8. The van der Waals surface area contributed by atoms with Crippen molar-refractivity contribution in [2.24, 2.45) is 0 Å². The largest absolute Gasteiger partial charge is 0.490 e. The molecule has 9 N–H and O–H groups in total. The molecule has 0 aliphatic carbocycles. The van der Waals surface area contributed by atoms with E-state index in [4.69, 9.17) is 43.5 Å². The highest BCUT2D eigenvalue weighted by Gasteiger charge is 2.53. The number of hydrogen-bond acceptors (Lipinski definition) is 20. The molecule has 0 radical (unpaired) electrons. The van der Waals surface area contributed by atoms with Gasteiger partial charge in [-0.25, -0.2) is 38.0 Å². The van der Waals surface area contributed by atoms with Crippen LogP contribution in [-0.2, 0) is 59.4 Å². The van der Waals surface area contributed by atoms with E-state index >= 15 is 0 Å². The molecule has 11 atom stereocenters. The molecular formula is C21H31N7O21P4. The first kappa shape index (κ1) is 41.5. The number of aromatic amines is 1. The van der Waals surface area contributed by atoms with Crippen molar-refractivity contribution >= 4 is 48.3 Å². The lowest BCUT2D eigenvalue weighted by Gasteiger charge is -2.26. The molecule has 2 saturated heterocycles. The molecule has 0 spiro atoms. The van der Waals surface area contributed by atoms with Gasteiger partial charge in [-0.1, -0.05) is 0 Å². The number of aromatic nitrogens is 6. The third-order valence-electron chi connectivity index (χ3n) is 7.40. The van der Waals surface area contributed by atoms with Crippen LogP contribution in [0.4, 0.5) is 5.82 Å². The molecule has 28 nitrogen and oxygen atoms in total. The van der Waals surface area contributed by atoms with Gasteiger partial charge in [0.1, 0.15) is 48.5 Å². The van der Waals surface area contributed by atoms with E-state index in [0.29, 0.717) is 0 Å². The Bertz CT molecular complexity index is 2110. The predicted molar refractivity (Wildman–Crippen MR) is 167 cm³/mol. The Kier molecular flexibility index (Phi) is 12.4. The fourth-order valence-electron chi connectivity index (χ4n) is 5.29. The molecule has 32 heteroatoms. The molecule has 5 heterocycles. The average Bonchev–Trinajstić information content (AvgIpc) is 3.70. The van der Waals surface area contributed by atoms with Gasteiger partial charge in [-0.3, -0.25) is 32.5 Å². The van der Waals surface area contributed by atoms with E-state index in [2.05, 4.69) is 28.1 Å². The van der Waals surface area contributed by atoms with E-state index in [1.54, 1.807) is 0 Å². The summed E-state index contributed by atoms with van der Waals surface area (Å²) in [6, 6.07) is 1.00. The van der Waals surface area contributed by atoms with Gasteiger partial charge in [0.05, 0.1) is 19.5 Å². The number of nitrogens with zero attached hydrogens (tertiary/aromatic N) is 5. The summed E-state index contributed by atoms with van der Waals surface area (Å²) in [7, 11) is -20.4. The molecule has 53 heavy (non-hydrogen) atoms. The SMILES string of the molecule is CO[C@@H]1[C@H](O)[C@@H](COP(=O)(O)O[C@@H]2C(COP(=O)(O)OP(=O)(O)OP(=O)(O)O)O[C@@H](n3cnc4c(N)ncnc43)[C@@H]2OC)O[C@H]1n1ccc(=O)[nH]c1=O. The van der Waals surface area contributed by atoms with Crippen LogP contribution in [0.15, 0.2) is 34.5 Å². The normalized spacial score (nSPS) is 29.9. The second-order valence-electron chi connectivity index (χ2n) is 10.8. The molecule has 3 aromatic rings. The molecule has 296 valence electrons. The smallest absolute Gasteiger partial charge is 0.387 e. The van der Waals surface area contributed by atoms with E-state index in [0.717, 1.165) is 30.3 Å². The lowest BCUT2D eigenvalue weighted by molar-refractivity contribution is -0.0660. The topological polar surface area (TPSA) is 397 Å². The molecule has 4 unspecified atom stereocenters. The summed E-state index contributed by atoms with van der Waals surface area (Å²) >= 11 is 0. The highest BCUT2D eigenvalue weighted by Crippen LogP contribution is 2.66. The van der Waals surface area contributed by atoms with Crippen LogP contribution < -0.4 is 17.0 Å². The van der Waals surface area contributed by atoms with Gasteiger partial charge in [0.2, 0.25) is 0 Å². The zero-order chi connectivity index (χ0) is 39.1. The van der Waals surface area contributed by atoms with Crippen molar-refractivity contribution in [2.75, 3.05) is 33.2 Å². The molecule has 3 aromatic heterocycles. The fourth-order valence-corrected chi connectivity index (χ4v) is 9.28. The number of methoxy groups -OCH3 is 2. The third kappa shape index (κ3) is 9.78. The maximum absolute atomic E-state index is 13.4. The van der Waals surface area contributed by atoms with E-state index in [9.17, 15) is 47.6 Å². The van der Waals surface area contributed by atoms with Crippen LogP contribution >= 0.6 is 31.3 Å². The van der Waals surface area contributed by atoms with Crippen LogP contribution in [0.5, 0.6) is 0 Å². The maximum Gasteiger partial charge on any atom is 0.490 e. The Balaban J connectivity index is 1.37. The highest BCUT2D eigenvalue weighted by atomic mass is 31.3. The number of H-pyrrole nitrogens is 1. The summed E-state index contributed by atoms with van der Waals surface area (Å²) in [5.41, 5.74) is 4.35. The fraction of sp³-hybridized carbons (Fsp3) is 0.571. The number of aliphatic hydroxyl groups excluding tert-OH is 1. The first-order valence-corrected chi connectivity index (χ1v) is 20.4. The average molecular weight is 841 g/mol. The minimum atomic E-state index is -5.92. The summed E-state index contributed by atoms with van der Waals surface area (Å²) < 4.78 is 95.6. The molecule has 5 rings (SSSR count). The highest BCUT2D eigenvalue weighted by molar-refractivity contribution is 7.66. The van der Waals surface area contributed by atoms with E-state index in [1.165, 1.54) is 18.0 Å². The number of aliphatic hydroxyl groups is 1. The Morgan fingerprint density at radius 2 is 1.45 bits per heavy atom. The molecule has 2 aliphatic heterocycles. The van der Waals surface area contributed by atoms with Gasteiger partial charge < -0.3 is 54.3 Å². The molecular weight excluding hydrogens is 810 g/mol. The van der Waals surface area contributed by atoms with Gasteiger partial charge in [-0.15, -0.1) is 0 Å². The summed E-state index contributed by atoms with van der Waals surface area (Å²) in [4.78, 5) is 85.7. The minimum absolute atomic E-state index is 0.0503. The number of nitrogen functional groups attached to an aromatic ring is 1. The van der Waals surface area contributed by atoms with Gasteiger partial charge in [0.25, 0.3) is 5.56 Å². The zero-order valence-corrected chi connectivity index (χ0v) is 30.3. The third-order valence-corrected chi connectivity index (χ3v) is 12.2. The second-order valence-corrected chi connectivity index (χ2v) is 16.7. The summed E-state index contributed by atoms with van der Waals surface area (Å²) in [5.74, 6) is -0.0503. The lowest BCUT2D eigenvalue weighted by atomic mass is 10.1. The van der Waals surface area contributed by atoms with Crippen LogP contribution in [0.1, 0.15) is 12.5 Å². The zero-order valence-electron chi connectivity index (χ0n) is 26.8. The van der Waals surface area contributed by atoms with Crippen molar-refractivity contribution in [3.8, 4) is 0 Å². The molecule has 0 bridgehead atoms. The first-order chi connectivity index (χ1) is 24.6. The second kappa shape index (κ2) is 15.8. The Morgan fingerprint density at radius 1 is 0.830 bits per heavy atom. The molecule has 2 aliphatic rings. The van der Waals surface area contributed by atoms with Crippen LogP contribution in [0.2, 0.25) is 0 Å². The van der Waals surface area contributed by atoms with Gasteiger partial charge >= 0.3 is 37.0 Å². The Morgan fingerprint density at radius 3 is 2.09 bits per heavy atom. The monoisotopic (exact) mass is 841 g/mol. The number of nitrogens with one attached hydrogen (secondary N) is 1. The number of anilines is 1. The van der Waals surface area contributed by atoms with Crippen molar-refractivity contribution < 1.29 is 89.0 Å². The predicted octanol–water partition coefficient (Wildman–Crippen LogP) is -2.01. The van der Waals surface area contributed by atoms with E-state index in [1.807, 2.05) is 4.98 Å². The molecule has 0 amide bonds. The van der Waals surface area contributed by atoms with Crippen molar-refractivity contribution in [1.82, 2.24) is 29.1 Å². The lowest BCUT2D eigenvalue weighted by Crippen LogP contribution is -2.39. The minimum Gasteiger partial charge on any atom is -0.387 e. The number of nitrogens with two attached hydrogens (primary N) is 1. The Labute approximate surface area is 294 Å². The summed E-state index contributed by atoms with van der Waals surface area (Å²) in [6.45, 7) is -2.06. The number of phosphoric acid groups is 4. The van der Waals surface area contributed by atoms with Crippen molar-refractivity contribution in [3.63, 3.8) is 0 Å². The van der Waals surface area contributed by atoms with Crippen LogP contribution in [0, 0.1) is 0 Å². The van der Waals surface area contributed by atoms with Gasteiger partial charge in [-0.05, 0) is 0 Å². The van der Waals surface area contributed by atoms with E-state index < -0.39 is 105 Å². The summed E-state index contributed by atoms with van der Waals surface area (Å²) in [6.07, 6.45) is -8.68. The van der Waals surface area contributed by atoms with Crippen molar-refractivity contribution in [1.29, 1.82) is 0 Å². The van der Waals surface area contributed by atoms with E-state index in [-0.39, 0.29) is 17.0 Å². The van der Waals surface area contributed by atoms with Crippen LogP contribution in [0.3, 0.4) is 0 Å². The number of fused-ring (bicyclic) bond motifs is 1. The van der Waals surface area contributed by atoms with Gasteiger partial charge in [0, 0.05) is 26.5 Å². The van der Waals surface area contributed by atoms with Gasteiger partial charge in [-0.2, -0.15) is 8.62 Å².